The number of hydrogen-bond acceptors (Lipinski definition) is 4. The highest BCUT2D eigenvalue weighted by Gasteiger charge is 2.30. The summed E-state index contributed by atoms with van der Waals surface area (Å²) in [4.78, 5) is 14.3. The minimum absolute atomic E-state index is 0.0845. The number of piperidine rings is 1. The van der Waals surface area contributed by atoms with Crippen LogP contribution in [0.15, 0.2) is 18.2 Å². The Morgan fingerprint density at radius 2 is 2.10 bits per heavy atom. The Labute approximate surface area is 125 Å². The zero-order valence-corrected chi connectivity index (χ0v) is 12.7. The Morgan fingerprint density at radius 3 is 2.71 bits per heavy atom. The molecular weight excluding hydrogens is 268 g/mol. The first-order chi connectivity index (χ1) is 10.1. The fourth-order valence-electron chi connectivity index (χ4n) is 3.00. The van der Waals surface area contributed by atoms with Gasteiger partial charge in [0, 0.05) is 24.7 Å². The molecule has 1 aliphatic heterocycles. The van der Waals surface area contributed by atoms with Gasteiger partial charge in [-0.2, -0.15) is 0 Å². The van der Waals surface area contributed by atoms with E-state index in [2.05, 4.69) is 19.2 Å². The van der Waals surface area contributed by atoms with E-state index in [1.807, 2.05) is 4.90 Å². The number of phenols is 2. The lowest BCUT2D eigenvalue weighted by molar-refractivity contribution is 0.0627. The monoisotopic (exact) mass is 292 g/mol. The van der Waals surface area contributed by atoms with Gasteiger partial charge in [0.15, 0.2) is 11.5 Å². The number of hydrogen-bond donors (Lipinski definition) is 3. The highest BCUT2D eigenvalue weighted by Crippen LogP contribution is 2.27. The number of nitrogens with zero attached hydrogens (tertiary/aromatic N) is 1. The fourth-order valence-corrected chi connectivity index (χ4v) is 3.00. The Bertz CT molecular complexity index is 504. The van der Waals surface area contributed by atoms with Crippen LogP contribution in [0, 0.1) is 5.92 Å². The van der Waals surface area contributed by atoms with Crippen LogP contribution in [-0.2, 0) is 0 Å². The zero-order valence-electron chi connectivity index (χ0n) is 12.7. The predicted octanol–water partition coefficient (Wildman–Crippen LogP) is 1.95. The third-order valence-electron chi connectivity index (χ3n) is 4.23. The first-order valence-corrected chi connectivity index (χ1v) is 7.61. The van der Waals surface area contributed by atoms with E-state index in [1.165, 1.54) is 12.1 Å². The van der Waals surface area contributed by atoms with Crippen molar-refractivity contribution in [2.75, 3.05) is 19.6 Å². The first kappa shape index (κ1) is 15.6. The lowest BCUT2D eigenvalue weighted by Crippen LogP contribution is -2.50. The van der Waals surface area contributed by atoms with E-state index in [0.717, 1.165) is 25.9 Å². The molecule has 0 spiro atoms. The molecule has 5 heteroatoms. The van der Waals surface area contributed by atoms with Crippen LogP contribution in [0.4, 0.5) is 0 Å². The second-order valence-electron chi connectivity index (χ2n) is 5.58. The number of phenolic OH excluding ortho intramolecular Hbond substituents is 2. The van der Waals surface area contributed by atoms with Crippen LogP contribution in [0.25, 0.3) is 0 Å². The molecule has 1 aliphatic rings. The van der Waals surface area contributed by atoms with Crippen molar-refractivity contribution >= 4 is 5.91 Å². The van der Waals surface area contributed by atoms with Crippen LogP contribution in [0.1, 0.15) is 37.0 Å². The van der Waals surface area contributed by atoms with E-state index in [9.17, 15) is 15.0 Å². The van der Waals surface area contributed by atoms with Gasteiger partial charge in [0.1, 0.15) is 0 Å². The van der Waals surface area contributed by atoms with Crippen molar-refractivity contribution in [2.45, 2.75) is 32.7 Å². The molecule has 5 nitrogen and oxygen atoms in total. The number of likely N-dealkylation sites (tertiary alicyclic amines) is 1. The molecule has 0 aliphatic carbocycles. The van der Waals surface area contributed by atoms with Gasteiger partial charge in [0.05, 0.1) is 0 Å². The van der Waals surface area contributed by atoms with Crippen molar-refractivity contribution in [3.8, 4) is 11.5 Å². The van der Waals surface area contributed by atoms with E-state index >= 15 is 0 Å². The summed E-state index contributed by atoms with van der Waals surface area (Å²) in [5, 5.41) is 22.3. The standard InChI is InChI=1S/C16H24N2O3/c1-3-11-10-18(8-7-13(11)17-4-2)16(21)12-5-6-14(19)15(20)9-12/h5-6,9,11,13,17,19-20H,3-4,7-8,10H2,1-2H3. The van der Waals surface area contributed by atoms with Crippen LogP contribution in [-0.4, -0.2) is 46.7 Å². The largest absolute Gasteiger partial charge is 0.504 e. The molecule has 0 saturated carbocycles. The fraction of sp³-hybridized carbons (Fsp3) is 0.562. The number of carbonyl (C=O) groups is 1. The molecule has 1 fully saturated rings. The quantitative estimate of drug-likeness (QED) is 0.742. The summed E-state index contributed by atoms with van der Waals surface area (Å²) >= 11 is 0. The molecule has 1 aromatic carbocycles. The van der Waals surface area contributed by atoms with Gasteiger partial charge >= 0.3 is 0 Å². The summed E-state index contributed by atoms with van der Waals surface area (Å²) in [5.41, 5.74) is 0.419. The van der Waals surface area contributed by atoms with E-state index < -0.39 is 0 Å². The van der Waals surface area contributed by atoms with Gasteiger partial charge in [0.25, 0.3) is 5.91 Å². The average Bonchev–Trinajstić information content (AvgIpc) is 2.50. The molecule has 21 heavy (non-hydrogen) atoms. The summed E-state index contributed by atoms with van der Waals surface area (Å²) in [6, 6.07) is 4.70. The number of benzene rings is 1. The van der Waals surface area contributed by atoms with Crippen molar-refractivity contribution in [2.24, 2.45) is 5.92 Å². The van der Waals surface area contributed by atoms with Crippen LogP contribution in [0.3, 0.4) is 0 Å². The van der Waals surface area contributed by atoms with E-state index in [0.29, 0.717) is 24.1 Å². The van der Waals surface area contributed by atoms with E-state index in [4.69, 9.17) is 0 Å². The molecular formula is C16H24N2O3. The second kappa shape index (κ2) is 6.80. The van der Waals surface area contributed by atoms with Crippen molar-refractivity contribution in [1.29, 1.82) is 0 Å². The normalized spacial score (nSPS) is 22.3. The lowest BCUT2D eigenvalue weighted by atomic mass is 9.89. The summed E-state index contributed by atoms with van der Waals surface area (Å²) in [6.45, 7) is 6.64. The number of amides is 1. The van der Waals surface area contributed by atoms with Crippen molar-refractivity contribution in [3.63, 3.8) is 0 Å². The highest BCUT2D eigenvalue weighted by atomic mass is 16.3. The molecule has 3 N–H and O–H groups in total. The maximum absolute atomic E-state index is 12.5. The van der Waals surface area contributed by atoms with Crippen LogP contribution < -0.4 is 5.32 Å². The molecule has 2 rings (SSSR count). The maximum atomic E-state index is 12.5. The highest BCUT2D eigenvalue weighted by molar-refractivity contribution is 5.95. The Kier molecular flexibility index (Phi) is 5.07. The smallest absolute Gasteiger partial charge is 0.254 e. The van der Waals surface area contributed by atoms with Crippen molar-refractivity contribution in [3.05, 3.63) is 23.8 Å². The minimum atomic E-state index is -0.254. The van der Waals surface area contributed by atoms with Gasteiger partial charge < -0.3 is 20.4 Å². The molecule has 116 valence electrons. The van der Waals surface area contributed by atoms with Gasteiger partial charge in [-0.05, 0) is 37.1 Å². The number of carbonyl (C=O) groups excluding carboxylic acids is 1. The minimum Gasteiger partial charge on any atom is -0.504 e. The topological polar surface area (TPSA) is 72.8 Å². The van der Waals surface area contributed by atoms with Crippen LogP contribution in [0.2, 0.25) is 0 Å². The van der Waals surface area contributed by atoms with Gasteiger partial charge in [0.2, 0.25) is 0 Å². The summed E-state index contributed by atoms with van der Waals surface area (Å²) in [5.74, 6) is -0.0914. The molecule has 1 heterocycles. The van der Waals surface area contributed by atoms with Crippen molar-refractivity contribution in [1.82, 2.24) is 10.2 Å². The average molecular weight is 292 g/mol. The summed E-state index contributed by atoms with van der Waals surface area (Å²) in [6.07, 6.45) is 1.98. The molecule has 1 aromatic rings. The molecule has 2 unspecified atom stereocenters. The third kappa shape index (κ3) is 3.47. The number of aromatic hydroxyl groups is 2. The van der Waals surface area contributed by atoms with Gasteiger partial charge in [-0.15, -0.1) is 0 Å². The van der Waals surface area contributed by atoms with Crippen LogP contribution in [0.5, 0.6) is 11.5 Å². The third-order valence-corrected chi connectivity index (χ3v) is 4.23. The van der Waals surface area contributed by atoms with E-state index in [-0.39, 0.29) is 17.4 Å². The second-order valence-corrected chi connectivity index (χ2v) is 5.58. The van der Waals surface area contributed by atoms with Gasteiger partial charge in [-0.3, -0.25) is 4.79 Å². The van der Waals surface area contributed by atoms with Crippen LogP contribution >= 0.6 is 0 Å². The molecule has 0 bridgehead atoms. The van der Waals surface area contributed by atoms with E-state index in [1.54, 1.807) is 6.07 Å². The SMILES string of the molecule is CCNC1CCN(C(=O)c2ccc(O)c(O)c2)CC1CC. The summed E-state index contributed by atoms with van der Waals surface area (Å²) < 4.78 is 0. The Hall–Kier alpha value is -1.75. The maximum Gasteiger partial charge on any atom is 0.254 e. The lowest BCUT2D eigenvalue weighted by Gasteiger charge is -2.38. The summed E-state index contributed by atoms with van der Waals surface area (Å²) in [7, 11) is 0. The number of nitrogens with one attached hydrogen (secondary N) is 1. The van der Waals surface area contributed by atoms with Gasteiger partial charge in [-0.25, -0.2) is 0 Å². The molecule has 0 radical (unpaired) electrons. The molecule has 1 saturated heterocycles. The number of rotatable bonds is 4. The van der Waals surface area contributed by atoms with Gasteiger partial charge in [-0.1, -0.05) is 20.3 Å². The predicted molar refractivity (Wildman–Crippen MR) is 81.5 cm³/mol. The Balaban J connectivity index is 2.08. The zero-order chi connectivity index (χ0) is 15.4. The molecule has 1 amide bonds. The Morgan fingerprint density at radius 1 is 1.33 bits per heavy atom. The molecule has 2 atom stereocenters. The van der Waals surface area contributed by atoms with Crippen molar-refractivity contribution < 1.29 is 15.0 Å². The first-order valence-electron chi connectivity index (χ1n) is 7.61. The molecule has 0 aromatic heterocycles.